The van der Waals surface area contributed by atoms with E-state index < -0.39 is 0 Å². The summed E-state index contributed by atoms with van der Waals surface area (Å²) >= 11 is 11.5. The summed E-state index contributed by atoms with van der Waals surface area (Å²) in [5.74, 6) is 0.468. The van der Waals surface area contributed by atoms with Crippen molar-refractivity contribution in [3.8, 4) is 0 Å². The number of ether oxygens (including phenoxy) is 1. The quantitative estimate of drug-likeness (QED) is 0.905. The van der Waals surface area contributed by atoms with Gasteiger partial charge in [-0.25, -0.2) is 0 Å². The van der Waals surface area contributed by atoms with Gasteiger partial charge in [0.25, 0.3) is 0 Å². The fourth-order valence-corrected chi connectivity index (χ4v) is 2.19. The molecule has 0 aromatic carbocycles. The van der Waals surface area contributed by atoms with Gasteiger partial charge < -0.3 is 10.1 Å². The first-order valence-electron chi connectivity index (χ1n) is 5.05. The van der Waals surface area contributed by atoms with E-state index in [4.69, 9.17) is 27.9 Å². The van der Waals surface area contributed by atoms with Crippen LogP contribution in [0.25, 0.3) is 0 Å². The van der Waals surface area contributed by atoms with Gasteiger partial charge in [0.15, 0.2) is 11.0 Å². The minimum absolute atomic E-state index is 0.0823. The highest BCUT2D eigenvalue weighted by Gasteiger charge is 2.28. The van der Waals surface area contributed by atoms with Gasteiger partial charge >= 0.3 is 0 Å². The van der Waals surface area contributed by atoms with E-state index in [1.807, 2.05) is 0 Å². The van der Waals surface area contributed by atoms with Crippen LogP contribution in [0.2, 0.25) is 10.4 Å². The first-order valence-corrected chi connectivity index (χ1v) is 5.81. The van der Waals surface area contributed by atoms with Crippen LogP contribution in [0.4, 0.5) is 5.82 Å². The van der Waals surface area contributed by atoms with Gasteiger partial charge in [-0.1, -0.05) is 11.6 Å². The zero-order valence-electron chi connectivity index (χ0n) is 8.78. The Morgan fingerprint density at radius 3 is 2.88 bits per heavy atom. The van der Waals surface area contributed by atoms with Crippen LogP contribution in [-0.2, 0) is 4.74 Å². The Morgan fingerprint density at radius 1 is 1.31 bits per heavy atom. The van der Waals surface area contributed by atoms with Crippen LogP contribution >= 0.6 is 23.2 Å². The van der Waals surface area contributed by atoms with E-state index in [-0.39, 0.29) is 22.6 Å². The normalized spacial score (nSPS) is 24.7. The number of methoxy groups -OCH3 is 1. The molecule has 1 fully saturated rings. The molecule has 0 radical (unpaired) electrons. The summed E-state index contributed by atoms with van der Waals surface area (Å²) in [7, 11) is 1.71. The maximum atomic E-state index is 5.87. The number of nitrogens with zero attached hydrogens (tertiary/aromatic N) is 3. The third kappa shape index (κ3) is 2.53. The van der Waals surface area contributed by atoms with Gasteiger partial charge in [0.05, 0.1) is 12.1 Å². The molecule has 0 spiro atoms. The molecular weight excluding hydrogens is 251 g/mol. The van der Waals surface area contributed by atoms with Gasteiger partial charge in [-0.05, 0) is 30.9 Å². The highest BCUT2D eigenvalue weighted by atomic mass is 35.5. The smallest absolute Gasteiger partial charge is 0.245 e. The maximum Gasteiger partial charge on any atom is 0.245 e. The van der Waals surface area contributed by atoms with E-state index in [0.717, 1.165) is 19.3 Å². The molecule has 0 amide bonds. The van der Waals surface area contributed by atoms with Crippen molar-refractivity contribution in [2.24, 2.45) is 0 Å². The molecule has 1 saturated carbocycles. The summed E-state index contributed by atoms with van der Waals surface area (Å²) < 4.78 is 5.36. The van der Waals surface area contributed by atoms with Crippen LogP contribution in [0.3, 0.4) is 0 Å². The number of hydrogen-bond donors (Lipinski definition) is 1. The fraction of sp³-hybridized carbons (Fsp3) is 0.667. The second-order valence-electron chi connectivity index (χ2n) is 3.68. The van der Waals surface area contributed by atoms with E-state index in [1.54, 1.807) is 7.11 Å². The van der Waals surface area contributed by atoms with Crippen molar-refractivity contribution in [1.82, 2.24) is 15.2 Å². The molecule has 1 aromatic heterocycles. The van der Waals surface area contributed by atoms with Gasteiger partial charge in [0, 0.05) is 7.11 Å². The zero-order valence-corrected chi connectivity index (χ0v) is 10.3. The van der Waals surface area contributed by atoms with Crippen LogP contribution in [0, 0.1) is 0 Å². The Hall–Kier alpha value is -0.650. The number of nitrogens with one attached hydrogen (secondary N) is 1. The molecule has 7 heteroatoms. The highest BCUT2D eigenvalue weighted by Crippen LogP contribution is 2.26. The lowest BCUT2D eigenvalue weighted by molar-refractivity contribution is 0.101. The van der Waals surface area contributed by atoms with Crippen LogP contribution in [0.5, 0.6) is 0 Å². The first kappa shape index (κ1) is 11.8. The van der Waals surface area contributed by atoms with Crippen molar-refractivity contribution in [2.75, 3.05) is 12.4 Å². The molecule has 2 atom stereocenters. The molecule has 2 rings (SSSR count). The number of halogens is 2. The van der Waals surface area contributed by atoms with Crippen molar-refractivity contribution in [3.63, 3.8) is 0 Å². The average molecular weight is 263 g/mol. The van der Waals surface area contributed by atoms with E-state index in [0.29, 0.717) is 5.82 Å². The molecule has 88 valence electrons. The Bertz CT molecular complexity index is 377. The number of anilines is 1. The molecule has 2 unspecified atom stereocenters. The predicted molar refractivity (Wildman–Crippen MR) is 61.9 cm³/mol. The lowest BCUT2D eigenvalue weighted by Crippen LogP contribution is -2.30. The Labute approximate surface area is 104 Å². The Balaban J connectivity index is 2.11. The molecule has 0 bridgehead atoms. The number of rotatable bonds is 3. The first-order chi connectivity index (χ1) is 7.70. The molecular formula is C9H12Cl2N4O. The predicted octanol–water partition coefficient (Wildman–Crippen LogP) is 2.16. The highest BCUT2D eigenvalue weighted by molar-refractivity contribution is 6.32. The van der Waals surface area contributed by atoms with Gasteiger partial charge in [-0.2, -0.15) is 4.98 Å². The monoisotopic (exact) mass is 262 g/mol. The molecule has 1 aliphatic rings. The molecule has 1 aliphatic carbocycles. The Kier molecular flexibility index (Phi) is 3.78. The summed E-state index contributed by atoms with van der Waals surface area (Å²) in [6.45, 7) is 0. The molecule has 0 aliphatic heterocycles. The van der Waals surface area contributed by atoms with Crippen molar-refractivity contribution in [3.05, 3.63) is 10.4 Å². The second kappa shape index (κ2) is 5.12. The third-order valence-corrected chi connectivity index (χ3v) is 3.11. The number of aromatic nitrogens is 3. The topological polar surface area (TPSA) is 59.9 Å². The molecule has 5 nitrogen and oxygen atoms in total. The molecule has 1 aromatic rings. The van der Waals surface area contributed by atoms with Crippen LogP contribution in [0.15, 0.2) is 0 Å². The molecule has 1 heterocycles. The minimum Gasteiger partial charge on any atom is -0.379 e. The van der Waals surface area contributed by atoms with E-state index in [9.17, 15) is 0 Å². The second-order valence-corrected chi connectivity index (χ2v) is 4.37. The molecule has 0 saturated heterocycles. The van der Waals surface area contributed by atoms with Crippen molar-refractivity contribution in [2.45, 2.75) is 31.4 Å². The van der Waals surface area contributed by atoms with Gasteiger partial charge in [-0.3, -0.25) is 0 Å². The van der Waals surface area contributed by atoms with E-state index >= 15 is 0 Å². The van der Waals surface area contributed by atoms with Gasteiger partial charge in [0.1, 0.15) is 0 Å². The maximum absolute atomic E-state index is 5.87. The Morgan fingerprint density at radius 2 is 2.12 bits per heavy atom. The lowest BCUT2D eigenvalue weighted by atomic mass is 10.2. The summed E-state index contributed by atoms with van der Waals surface area (Å²) in [4.78, 5) is 4.00. The van der Waals surface area contributed by atoms with E-state index in [1.165, 1.54) is 0 Å². The van der Waals surface area contributed by atoms with Crippen LogP contribution in [-0.4, -0.2) is 34.4 Å². The lowest BCUT2D eigenvalue weighted by Gasteiger charge is -2.20. The fourth-order valence-electron chi connectivity index (χ4n) is 1.93. The van der Waals surface area contributed by atoms with E-state index in [2.05, 4.69) is 20.5 Å². The molecule has 1 N–H and O–H groups in total. The van der Waals surface area contributed by atoms with Crippen LogP contribution in [0.1, 0.15) is 19.3 Å². The zero-order chi connectivity index (χ0) is 11.5. The average Bonchev–Trinajstić information content (AvgIpc) is 2.71. The third-order valence-electron chi connectivity index (χ3n) is 2.70. The van der Waals surface area contributed by atoms with Crippen LogP contribution < -0.4 is 5.32 Å². The summed E-state index contributed by atoms with van der Waals surface area (Å²) in [5.41, 5.74) is 0. The summed E-state index contributed by atoms with van der Waals surface area (Å²) in [5, 5.41) is 10.7. The summed E-state index contributed by atoms with van der Waals surface area (Å²) in [6, 6.07) is 0.204. The SMILES string of the molecule is COC1CCCC1Nc1nc(Cl)nnc1Cl. The van der Waals surface area contributed by atoms with Crippen molar-refractivity contribution < 1.29 is 4.74 Å². The van der Waals surface area contributed by atoms with Gasteiger partial charge in [0.2, 0.25) is 5.28 Å². The largest absolute Gasteiger partial charge is 0.379 e. The van der Waals surface area contributed by atoms with Crippen molar-refractivity contribution >= 4 is 29.0 Å². The van der Waals surface area contributed by atoms with Gasteiger partial charge in [-0.15, -0.1) is 10.2 Å². The summed E-state index contributed by atoms with van der Waals surface area (Å²) in [6.07, 6.45) is 3.37. The van der Waals surface area contributed by atoms with Crippen molar-refractivity contribution in [1.29, 1.82) is 0 Å². The standard InChI is InChI=1S/C9H12Cl2N4O/c1-16-6-4-2-3-5(6)12-8-7(10)14-15-9(11)13-8/h5-6H,2-4H2,1H3,(H,12,13,15). The minimum atomic E-state index is 0.0823. The number of hydrogen-bond acceptors (Lipinski definition) is 5. The molecule has 16 heavy (non-hydrogen) atoms.